The maximum atomic E-state index is 14.2. The van der Waals surface area contributed by atoms with Crippen molar-refractivity contribution in [1.29, 1.82) is 0 Å². The van der Waals surface area contributed by atoms with Gasteiger partial charge in [-0.05, 0) is 30.3 Å². The molecule has 0 saturated carbocycles. The van der Waals surface area contributed by atoms with Gasteiger partial charge < -0.3 is 19.5 Å². The number of carbonyl (C=O) groups excluding carboxylic acids is 3. The summed E-state index contributed by atoms with van der Waals surface area (Å²) in [7, 11) is 0. The molecule has 4 aromatic rings. The molecule has 0 aliphatic carbocycles. The Morgan fingerprint density at radius 2 is 1.67 bits per heavy atom. The molecule has 1 aliphatic rings. The van der Waals surface area contributed by atoms with Gasteiger partial charge in [0.15, 0.2) is 0 Å². The Labute approximate surface area is 207 Å². The Balaban J connectivity index is 1.37. The molecule has 3 aromatic carbocycles. The van der Waals surface area contributed by atoms with E-state index in [0.717, 1.165) is 5.52 Å². The van der Waals surface area contributed by atoms with Gasteiger partial charge in [-0.25, -0.2) is 4.39 Å². The number of morpholine rings is 1. The van der Waals surface area contributed by atoms with Crippen LogP contribution >= 0.6 is 0 Å². The minimum Gasteiger partial charge on any atom is -0.378 e. The number of hydrogen-bond donors (Lipinski definition) is 1. The number of aromatic nitrogens is 1. The van der Waals surface area contributed by atoms with Crippen LogP contribution in [0.2, 0.25) is 0 Å². The van der Waals surface area contributed by atoms with E-state index in [1.807, 2.05) is 12.1 Å². The molecule has 0 unspecified atom stereocenters. The van der Waals surface area contributed by atoms with E-state index >= 15 is 0 Å². The van der Waals surface area contributed by atoms with Crippen LogP contribution in [-0.4, -0.2) is 53.4 Å². The van der Waals surface area contributed by atoms with Gasteiger partial charge in [-0.3, -0.25) is 14.4 Å². The van der Waals surface area contributed by atoms with Crippen LogP contribution in [0.4, 0.5) is 10.1 Å². The van der Waals surface area contributed by atoms with Crippen molar-refractivity contribution in [3.8, 4) is 0 Å². The number of ketones is 1. The molecule has 7 nitrogen and oxygen atoms in total. The molecule has 0 spiro atoms. The summed E-state index contributed by atoms with van der Waals surface area (Å²) in [4.78, 5) is 40.6. The number of benzene rings is 3. The molecule has 1 fully saturated rings. The highest BCUT2D eigenvalue weighted by molar-refractivity contribution is 6.48. The van der Waals surface area contributed by atoms with Crippen molar-refractivity contribution >= 4 is 34.2 Å². The number of anilines is 1. The van der Waals surface area contributed by atoms with Gasteiger partial charge in [0.05, 0.1) is 25.3 Å². The summed E-state index contributed by atoms with van der Waals surface area (Å²) in [6.45, 7) is 2.20. The summed E-state index contributed by atoms with van der Waals surface area (Å²) in [6, 6.07) is 20.2. The zero-order valence-corrected chi connectivity index (χ0v) is 19.4. The number of nitrogens with one attached hydrogen (secondary N) is 1. The summed E-state index contributed by atoms with van der Waals surface area (Å²) in [5.74, 6) is -2.03. The fourth-order valence-corrected chi connectivity index (χ4v) is 4.36. The summed E-state index contributed by atoms with van der Waals surface area (Å²) in [5.41, 5.74) is 2.18. The largest absolute Gasteiger partial charge is 0.378 e. The van der Waals surface area contributed by atoms with E-state index < -0.39 is 11.7 Å². The van der Waals surface area contributed by atoms with E-state index in [0.29, 0.717) is 48.5 Å². The molecule has 1 aromatic heterocycles. The van der Waals surface area contributed by atoms with Crippen molar-refractivity contribution in [1.82, 2.24) is 9.47 Å². The van der Waals surface area contributed by atoms with Crippen molar-refractivity contribution in [2.75, 3.05) is 31.6 Å². The van der Waals surface area contributed by atoms with E-state index in [1.54, 1.807) is 70.3 Å². The number of Topliss-reactive ketones (excluding diaryl/α,β-unsaturated/α-hetero) is 1. The lowest BCUT2D eigenvalue weighted by atomic mass is 10.1. The fourth-order valence-electron chi connectivity index (χ4n) is 4.36. The number of nitrogens with zero attached hydrogens (tertiary/aromatic N) is 2. The molecule has 8 heteroatoms. The molecule has 5 rings (SSSR count). The monoisotopic (exact) mass is 485 g/mol. The highest BCUT2D eigenvalue weighted by Crippen LogP contribution is 2.24. The van der Waals surface area contributed by atoms with Gasteiger partial charge >= 0.3 is 0 Å². The first-order valence-corrected chi connectivity index (χ1v) is 11.7. The Hall–Kier alpha value is -4.30. The normalized spacial score (nSPS) is 13.5. The van der Waals surface area contributed by atoms with E-state index in [4.69, 9.17) is 4.74 Å². The molecule has 2 heterocycles. The van der Waals surface area contributed by atoms with Gasteiger partial charge in [-0.15, -0.1) is 0 Å². The predicted octanol–water partition coefficient (Wildman–Crippen LogP) is 4.12. The van der Waals surface area contributed by atoms with Crippen molar-refractivity contribution in [3.05, 3.63) is 102 Å². The smallest absolute Gasteiger partial charge is 0.296 e. The average molecular weight is 486 g/mol. The number of halogens is 1. The summed E-state index contributed by atoms with van der Waals surface area (Å²) < 4.78 is 21.3. The van der Waals surface area contributed by atoms with E-state index in [9.17, 15) is 18.8 Å². The van der Waals surface area contributed by atoms with Gasteiger partial charge in [-0.1, -0.05) is 42.5 Å². The lowest BCUT2D eigenvalue weighted by Gasteiger charge is -2.27. The summed E-state index contributed by atoms with van der Waals surface area (Å²) in [5, 5.41) is 3.22. The number of carbonyl (C=O) groups is 3. The highest BCUT2D eigenvalue weighted by Gasteiger charge is 2.23. The van der Waals surface area contributed by atoms with E-state index in [2.05, 4.69) is 5.32 Å². The first-order chi connectivity index (χ1) is 17.5. The third-order valence-electron chi connectivity index (χ3n) is 6.20. The number of ether oxygens (including phenoxy) is 1. The molecule has 1 N–H and O–H groups in total. The second-order valence-corrected chi connectivity index (χ2v) is 8.55. The SMILES string of the molecule is O=C(Nc1cccc(C(=O)N2CCOCC2)c1)C(=O)c1cn(Cc2ccccc2F)c2ccccc12. The fraction of sp³-hybridized carbons (Fsp3) is 0.179. The van der Waals surface area contributed by atoms with Crippen LogP contribution in [0.1, 0.15) is 26.3 Å². The van der Waals surface area contributed by atoms with Crippen molar-refractivity contribution in [2.45, 2.75) is 6.54 Å². The Morgan fingerprint density at radius 3 is 2.47 bits per heavy atom. The third kappa shape index (κ3) is 4.76. The Bertz CT molecular complexity index is 1460. The minimum absolute atomic E-state index is 0.156. The van der Waals surface area contributed by atoms with Crippen molar-refractivity contribution in [3.63, 3.8) is 0 Å². The first kappa shape index (κ1) is 23.4. The van der Waals surface area contributed by atoms with Crippen LogP contribution in [-0.2, 0) is 16.1 Å². The number of para-hydroxylation sites is 1. The molecule has 0 radical (unpaired) electrons. The number of fused-ring (bicyclic) bond motifs is 1. The molecule has 36 heavy (non-hydrogen) atoms. The van der Waals surface area contributed by atoms with Gasteiger partial charge in [-0.2, -0.15) is 0 Å². The molecule has 0 atom stereocenters. The zero-order valence-electron chi connectivity index (χ0n) is 19.4. The van der Waals surface area contributed by atoms with Gasteiger partial charge in [0, 0.05) is 47.0 Å². The average Bonchev–Trinajstić information content (AvgIpc) is 3.28. The maximum absolute atomic E-state index is 14.2. The minimum atomic E-state index is -0.820. The lowest BCUT2D eigenvalue weighted by Crippen LogP contribution is -2.40. The maximum Gasteiger partial charge on any atom is 0.296 e. The summed E-state index contributed by atoms with van der Waals surface area (Å²) >= 11 is 0. The molecular weight excluding hydrogens is 461 g/mol. The second-order valence-electron chi connectivity index (χ2n) is 8.55. The Kier molecular flexibility index (Phi) is 6.60. The molecule has 1 aliphatic heterocycles. The third-order valence-corrected chi connectivity index (χ3v) is 6.20. The predicted molar refractivity (Wildman–Crippen MR) is 134 cm³/mol. The zero-order chi connectivity index (χ0) is 25.1. The molecular formula is C28H24FN3O4. The highest BCUT2D eigenvalue weighted by atomic mass is 19.1. The van der Waals surface area contributed by atoms with Gasteiger partial charge in [0.2, 0.25) is 0 Å². The molecule has 2 amide bonds. The van der Waals surface area contributed by atoms with Gasteiger partial charge in [0.1, 0.15) is 5.82 Å². The van der Waals surface area contributed by atoms with Crippen LogP contribution in [0.25, 0.3) is 10.9 Å². The second kappa shape index (κ2) is 10.1. The van der Waals surface area contributed by atoms with Crippen molar-refractivity contribution in [2.24, 2.45) is 0 Å². The molecule has 182 valence electrons. The topological polar surface area (TPSA) is 80.6 Å². The van der Waals surface area contributed by atoms with Crippen molar-refractivity contribution < 1.29 is 23.5 Å². The van der Waals surface area contributed by atoms with Crippen LogP contribution in [0.5, 0.6) is 0 Å². The standard InChI is InChI=1S/C28H24FN3O4/c29-24-10-3-1-6-20(24)17-32-18-23(22-9-2-4-11-25(22)32)26(33)27(34)30-21-8-5-7-19(16-21)28(35)31-12-14-36-15-13-31/h1-11,16,18H,12-15,17H2,(H,30,34). The number of amides is 2. The lowest BCUT2D eigenvalue weighted by molar-refractivity contribution is -0.112. The van der Waals surface area contributed by atoms with E-state index in [-0.39, 0.29) is 23.8 Å². The van der Waals surface area contributed by atoms with Crippen LogP contribution in [0.15, 0.2) is 79.0 Å². The number of hydrogen-bond acceptors (Lipinski definition) is 4. The van der Waals surface area contributed by atoms with Crippen LogP contribution < -0.4 is 5.32 Å². The summed E-state index contributed by atoms with van der Waals surface area (Å²) in [6.07, 6.45) is 1.58. The van der Waals surface area contributed by atoms with Crippen LogP contribution in [0, 0.1) is 5.82 Å². The molecule has 1 saturated heterocycles. The van der Waals surface area contributed by atoms with Crippen LogP contribution in [0.3, 0.4) is 0 Å². The molecule has 0 bridgehead atoms. The van der Waals surface area contributed by atoms with E-state index in [1.165, 1.54) is 6.07 Å². The first-order valence-electron chi connectivity index (χ1n) is 11.7. The van der Waals surface area contributed by atoms with Gasteiger partial charge in [0.25, 0.3) is 17.6 Å². The number of rotatable bonds is 6. The quantitative estimate of drug-likeness (QED) is 0.329. The Morgan fingerprint density at radius 1 is 0.917 bits per heavy atom.